The highest BCUT2D eigenvalue weighted by molar-refractivity contribution is 6.00. The zero-order chi connectivity index (χ0) is 13.9. The van der Waals surface area contributed by atoms with Crippen LogP contribution in [0, 0.1) is 10.1 Å². The van der Waals surface area contributed by atoms with Gasteiger partial charge in [0.05, 0.1) is 10.5 Å². The lowest BCUT2D eigenvalue weighted by Crippen LogP contribution is -2.28. The Morgan fingerprint density at radius 2 is 1.94 bits per heavy atom. The van der Waals surface area contributed by atoms with Gasteiger partial charge in [-0.25, -0.2) is 0 Å². The van der Waals surface area contributed by atoms with Gasteiger partial charge in [-0.15, -0.1) is 0 Å². The molecule has 1 rings (SSSR count). The molecule has 6 nitrogen and oxygen atoms in total. The minimum atomic E-state index is -0.498. The Kier molecular flexibility index (Phi) is 4.25. The smallest absolute Gasteiger partial charge is 0.270 e. The van der Waals surface area contributed by atoms with Gasteiger partial charge in [-0.3, -0.25) is 14.9 Å². The minimum Gasteiger partial charge on any atom is -0.377 e. The molecule has 0 bridgehead atoms. The number of benzene rings is 1. The lowest BCUT2D eigenvalue weighted by molar-refractivity contribution is -0.384. The molecule has 0 N–H and O–H groups in total. The van der Waals surface area contributed by atoms with E-state index in [1.54, 1.807) is 32.1 Å². The van der Waals surface area contributed by atoms with Crippen molar-refractivity contribution in [1.29, 1.82) is 0 Å². The molecule has 1 aromatic carbocycles. The Morgan fingerprint density at radius 3 is 2.39 bits per heavy atom. The molecule has 98 valence electrons. The van der Waals surface area contributed by atoms with E-state index in [-0.39, 0.29) is 11.6 Å². The van der Waals surface area contributed by atoms with Crippen molar-refractivity contribution in [2.24, 2.45) is 0 Å². The number of anilines is 1. The molecule has 0 spiro atoms. The van der Waals surface area contributed by atoms with Crippen LogP contribution in [0.15, 0.2) is 18.2 Å². The van der Waals surface area contributed by atoms with Crippen molar-refractivity contribution in [3.8, 4) is 0 Å². The molecular weight excluding hydrogens is 234 g/mol. The molecule has 0 atom stereocenters. The van der Waals surface area contributed by atoms with Crippen LogP contribution in [0.3, 0.4) is 0 Å². The maximum atomic E-state index is 12.2. The third-order valence-electron chi connectivity index (χ3n) is 2.72. The average molecular weight is 251 g/mol. The summed E-state index contributed by atoms with van der Waals surface area (Å²) in [5, 5.41) is 10.8. The number of hydrogen-bond donors (Lipinski definition) is 0. The summed E-state index contributed by atoms with van der Waals surface area (Å²) < 4.78 is 0. The van der Waals surface area contributed by atoms with Gasteiger partial charge in [0.1, 0.15) is 0 Å². The first-order valence-electron chi connectivity index (χ1n) is 5.59. The summed E-state index contributed by atoms with van der Waals surface area (Å²) in [5.41, 5.74) is 0.943. The van der Waals surface area contributed by atoms with Crippen LogP contribution in [0.1, 0.15) is 17.3 Å². The first-order chi connectivity index (χ1) is 8.38. The Labute approximate surface area is 106 Å². The standard InChI is InChI=1S/C12H17N3O3/c1-5-14(4)12(16)10-8-9(15(17)18)6-7-11(10)13(2)3/h6-8H,5H2,1-4H3. The molecule has 0 unspecified atom stereocenters. The van der Waals surface area contributed by atoms with Crippen molar-refractivity contribution in [1.82, 2.24) is 4.90 Å². The number of nitro groups is 1. The molecule has 0 saturated heterocycles. The van der Waals surface area contributed by atoms with Crippen molar-refractivity contribution >= 4 is 17.3 Å². The molecule has 0 aliphatic carbocycles. The molecule has 0 aliphatic heterocycles. The van der Waals surface area contributed by atoms with Crippen LogP contribution in [-0.2, 0) is 0 Å². The fraction of sp³-hybridized carbons (Fsp3) is 0.417. The number of non-ortho nitro benzene ring substituents is 1. The van der Waals surface area contributed by atoms with Crippen molar-refractivity contribution < 1.29 is 9.72 Å². The first kappa shape index (κ1) is 14.0. The summed E-state index contributed by atoms with van der Waals surface area (Å²) in [6.07, 6.45) is 0. The summed E-state index contributed by atoms with van der Waals surface area (Å²) >= 11 is 0. The zero-order valence-electron chi connectivity index (χ0n) is 11.0. The van der Waals surface area contributed by atoms with Gasteiger partial charge < -0.3 is 9.80 Å². The molecule has 0 aliphatic rings. The van der Waals surface area contributed by atoms with E-state index in [1.165, 1.54) is 17.0 Å². The van der Waals surface area contributed by atoms with Gasteiger partial charge >= 0.3 is 0 Å². The molecule has 6 heteroatoms. The van der Waals surface area contributed by atoms with E-state index in [0.29, 0.717) is 17.8 Å². The second kappa shape index (κ2) is 5.48. The number of amides is 1. The van der Waals surface area contributed by atoms with E-state index in [4.69, 9.17) is 0 Å². The number of nitrogens with zero attached hydrogens (tertiary/aromatic N) is 3. The molecule has 0 heterocycles. The van der Waals surface area contributed by atoms with Crippen LogP contribution < -0.4 is 4.90 Å². The number of rotatable bonds is 4. The van der Waals surface area contributed by atoms with Gasteiger partial charge in [0.15, 0.2) is 0 Å². The molecule has 0 aromatic heterocycles. The summed E-state index contributed by atoms with van der Waals surface area (Å²) in [4.78, 5) is 25.7. The molecule has 0 fully saturated rings. The van der Waals surface area contributed by atoms with Crippen LogP contribution in [0.5, 0.6) is 0 Å². The van der Waals surface area contributed by atoms with Gasteiger partial charge in [0.25, 0.3) is 11.6 Å². The van der Waals surface area contributed by atoms with Gasteiger partial charge in [0, 0.05) is 45.5 Å². The largest absolute Gasteiger partial charge is 0.377 e. The molecule has 1 aromatic rings. The molecule has 0 radical (unpaired) electrons. The SMILES string of the molecule is CCN(C)C(=O)c1cc([N+](=O)[O-])ccc1N(C)C. The van der Waals surface area contributed by atoms with E-state index in [0.717, 1.165) is 0 Å². The molecular formula is C12H17N3O3. The monoisotopic (exact) mass is 251 g/mol. The lowest BCUT2D eigenvalue weighted by Gasteiger charge is -2.20. The Hall–Kier alpha value is -2.11. The van der Waals surface area contributed by atoms with Crippen molar-refractivity contribution in [2.45, 2.75) is 6.92 Å². The Morgan fingerprint density at radius 1 is 1.33 bits per heavy atom. The van der Waals surface area contributed by atoms with Gasteiger partial charge in [-0.1, -0.05) is 0 Å². The van der Waals surface area contributed by atoms with Crippen molar-refractivity contribution in [2.75, 3.05) is 32.6 Å². The number of carbonyl (C=O) groups excluding carboxylic acids is 1. The van der Waals surface area contributed by atoms with Crippen molar-refractivity contribution in [3.63, 3.8) is 0 Å². The Bertz CT molecular complexity index is 472. The van der Waals surface area contributed by atoms with Crippen LogP contribution in [-0.4, -0.2) is 43.4 Å². The van der Waals surface area contributed by atoms with Crippen molar-refractivity contribution in [3.05, 3.63) is 33.9 Å². The first-order valence-corrected chi connectivity index (χ1v) is 5.59. The Balaban J connectivity index is 3.32. The van der Waals surface area contributed by atoms with E-state index >= 15 is 0 Å². The van der Waals surface area contributed by atoms with Crippen LogP contribution in [0.4, 0.5) is 11.4 Å². The summed E-state index contributed by atoms with van der Waals surface area (Å²) in [6, 6.07) is 4.32. The highest BCUT2D eigenvalue weighted by Gasteiger charge is 2.19. The van der Waals surface area contributed by atoms with Crippen LogP contribution >= 0.6 is 0 Å². The average Bonchev–Trinajstić information content (AvgIpc) is 2.35. The van der Waals surface area contributed by atoms with Gasteiger partial charge in [0.2, 0.25) is 0 Å². The second-order valence-electron chi connectivity index (χ2n) is 4.17. The maximum Gasteiger partial charge on any atom is 0.270 e. The summed E-state index contributed by atoms with van der Waals surface area (Å²) in [6.45, 7) is 2.40. The normalized spacial score (nSPS) is 10.0. The highest BCUT2D eigenvalue weighted by Crippen LogP contribution is 2.25. The zero-order valence-corrected chi connectivity index (χ0v) is 11.0. The fourth-order valence-electron chi connectivity index (χ4n) is 1.55. The minimum absolute atomic E-state index is 0.0755. The maximum absolute atomic E-state index is 12.2. The fourth-order valence-corrected chi connectivity index (χ4v) is 1.55. The summed E-state index contributed by atoms with van der Waals surface area (Å²) in [7, 11) is 5.26. The predicted octanol–water partition coefficient (Wildman–Crippen LogP) is 1.75. The number of nitro benzene ring substituents is 1. The number of hydrogen-bond acceptors (Lipinski definition) is 4. The van der Waals surface area contributed by atoms with Gasteiger partial charge in [-0.2, -0.15) is 0 Å². The molecule has 18 heavy (non-hydrogen) atoms. The number of carbonyl (C=O) groups is 1. The second-order valence-corrected chi connectivity index (χ2v) is 4.17. The van der Waals surface area contributed by atoms with E-state index in [2.05, 4.69) is 0 Å². The predicted molar refractivity (Wildman–Crippen MR) is 70.1 cm³/mol. The van der Waals surface area contributed by atoms with E-state index in [1.807, 2.05) is 6.92 Å². The van der Waals surface area contributed by atoms with E-state index in [9.17, 15) is 14.9 Å². The highest BCUT2D eigenvalue weighted by atomic mass is 16.6. The summed E-state index contributed by atoms with van der Waals surface area (Å²) in [5.74, 6) is -0.218. The quantitative estimate of drug-likeness (QED) is 0.604. The van der Waals surface area contributed by atoms with E-state index < -0.39 is 4.92 Å². The molecule has 1 amide bonds. The van der Waals surface area contributed by atoms with Crippen LogP contribution in [0.25, 0.3) is 0 Å². The topological polar surface area (TPSA) is 66.7 Å². The lowest BCUT2D eigenvalue weighted by atomic mass is 10.1. The van der Waals surface area contributed by atoms with Gasteiger partial charge in [-0.05, 0) is 13.0 Å². The third kappa shape index (κ3) is 2.77. The third-order valence-corrected chi connectivity index (χ3v) is 2.72. The molecule has 0 saturated carbocycles. The van der Waals surface area contributed by atoms with Crippen LogP contribution in [0.2, 0.25) is 0 Å².